The number of nitrogens with zero attached hydrogens (tertiary/aromatic N) is 1. The second kappa shape index (κ2) is 7.45. The van der Waals surface area contributed by atoms with Crippen molar-refractivity contribution in [3.8, 4) is 0 Å². The fourth-order valence-corrected chi connectivity index (χ4v) is 3.34. The van der Waals surface area contributed by atoms with Crippen molar-refractivity contribution >= 4 is 27.1 Å². The van der Waals surface area contributed by atoms with Crippen LogP contribution >= 0.6 is 0 Å². The predicted octanol–water partition coefficient (Wildman–Crippen LogP) is 3.02. The molecule has 152 valence electrons. The number of carbonyl (C=O) groups excluding carboxylic acids is 1. The molecule has 1 unspecified atom stereocenters. The zero-order valence-electron chi connectivity index (χ0n) is 15.0. The summed E-state index contributed by atoms with van der Waals surface area (Å²) >= 11 is 0. The van der Waals surface area contributed by atoms with Gasteiger partial charge in [0, 0.05) is 11.8 Å². The molecule has 2 N–H and O–H groups in total. The van der Waals surface area contributed by atoms with Crippen molar-refractivity contribution in [2.24, 2.45) is 11.1 Å². The highest BCUT2D eigenvalue weighted by atomic mass is 32.2. The van der Waals surface area contributed by atoms with Crippen molar-refractivity contribution in [3.05, 3.63) is 71.6 Å². The predicted molar refractivity (Wildman–Crippen MR) is 98.5 cm³/mol. The van der Waals surface area contributed by atoms with Crippen molar-refractivity contribution < 1.29 is 31.1 Å². The van der Waals surface area contributed by atoms with Crippen LogP contribution in [0.4, 0.5) is 13.2 Å². The van der Waals surface area contributed by atoms with Gasteiger partial charge in [0.15, 0.2) is 0 Å². The normalized spacial score (nSPS) is 16.9. The molecule has 0 radical (unpaired) electrons. The second-order valence-corrected chi connectivity index (χ2v) is 7.77. The molecule has 29 heavy (non-hydrogen) atoms. The third-order valence-electron chi connectivity index (χ3n) is 4.32. The van der Waals surface area contributed by atoms with Crippen molar-refractivity contribution in [3.63, 3.8) is 0 Å². The molecule has 1 atom stereocenters. The molecule has 0 aliphatic heterocycles. The minimum absolute atomic E-state index is 0.190. The van der Waals surface area contributed by atoms with Gasteiger partial charge in [0.05, 0.1) is 24.3 Å². The van der Waals surface area contributed by atoms with Gasteiger partial charge >= 0.3 is 12.1 Å². The number of carbonyl (C=O) groups is 1. The molecule has 0 amide bonds. The van der Waals surface area contributed by atoms with Crippen LogP contribution in [0.3, 0.4) is 0 Å². The van der Waals surface area contributed by atoms with E-state index in [0.29, 0.717) is 22.4 Å². The molecule has 1 aliphatic rings. The molecule has 1 aromatic heterocycles. The van der Waals surface area contributed by atoms with E-state index < -0.39 is 33.7 Å². The molecule has 1 aromatic carbocycles. The van der Waals surface area contributed by atoms with Gasteiger partial charge in [-0.15, -0.1) is 0 Å². The van der Waals surface area contributed by atoms with Crippen LogP contribution in [0.1, 0.15) is 16.8 Å². The number of pyridine rings is 1. The van der Waals surface area contributed by atoms with E-state index in [4.69, 9.17) is 9.88 Å². The molecular formula is C19H15F3N2O4S. The third kappa shape index (κ3) is 4.38. The van der Waals surface area contributed by atoms with E-state index >= 15 is 0 Å². The van der Waals surface area contributed by atoms with Crippen LogP contribution in [-0.2, 0) is 25.7 Å². The van der Waals surface area contributed by atoms with Gasteiger partial charge in [0.1, 0.15) is 4.90 Å². The molecule has 6 nitrogen and oxygen atoms in total. The second-order valence-electron chi connectivity index (χ2n) is 6.21. The number of allylic oxidation sites excluding steroid dienone is 2. The summed E-state index contributed by atoms with van der Waals surface area (Å²) < 4.78 is 66.0. The number of nitrogens with two attached hydrogens (primary N) is 1. The summed E-state index contributed by atoms with van der Waals surface area (Å²) in [5, 5.41) is 5.06. The molecule has 10 heteroatoms. The Balaban J connectivity index is 2.04. The molecule has 0 fully saturated rings. The number of sulfonamides is 1. The monoisotopic (exact) mass is 424 g/mol. The van der Waals surface area contributed by atoms with Gasteiger partial charge in [-0.1, -0.05) is 24.3 Å². The highest BCUT2D eigenvalue weighted by molar-refractivity contribution is 7.89. The first kappa shape index (κ1) is 20.7. The molecule has 1 aliphatic carbocycles. The molecule has 0 bridgehead atoms. The number of benzene rings is 1. The fraction of sp³-hybridized carbons (Fsp3) is 0.158. The van der Waals surface area contributed by atoms with E-state index in [1.165, 1.54) is 31.4 Å². The van der Waals surface area contributed by atoms with Crippen LogP contribution in [0, 0.1) is 5.92 Å². The van der Waals surface area contributed by atoms with Gasteiger partial charge in [0.2, 0.25) is 10.0 Å². The first-order chi connectivity index (χ1) is 13.5. The van der Waals surface area contributed by atoms with Crippen LogP contribution in [-0.4, -0.2) is 26.5 Å². The van der Waals surface area contributed by atoms with E-state index in [0.717, 1.165) is 18.3 Å². The van der Waals surface area contributed by atoms with Gasteiger partial charge in [0.25, 0.3) is 0 Å². The summed E-state index contributed by atoms with van der Waals surface area (Å²) in [5.41, 5.74) is 0.902. The van der Waals surface area contributed by atoms with Crippen molar-refractivity contribution in [2.75, 3.05) is 7.11 Å². The molecule has 3 rings (SSSR count). The minimum Gasteiger partial charge on any atom is -0.468 e. The largest absolute Gasteiger partial charge is 0.468 e. The summed E-state index contributed by atoms with van der Waals surface area (Å²) in [7, 11) is -2.71. The number of ether oxygens (including phenoxy) is 1. The fourth-order valence-electron chi connectivity index (χ4n) is 2.88. The highest BCUT2D eigenvalue weighted by Crippen LogP contribution is 2.39. The summed E-state index contributed by atoms with van der Waals surface area (Å²) in [5.74, 6) is -1.31. The van der Waals surface area contributed by atoms with Crippen LogP contribution in [0.25, 0.3) is 11.1 Å². The quantitative estimate of drug-likeness (QED) is 0.761. The lowest BCUT2D eigenvalue weighted by Crippen LogP contribution is -2.12. The number of hydrogen-bond donors (Lipinski definition) is 1. The number of methoxy groups -OCH3 is 1. The van der Waals surface area contributed by atoms with E-state index in [9.17, 15) is 26.4 Å². The number of alkyl halides is 3. The van der Waals surface area contributed by atoms with Gasteiger partial charge in [-0.3, -0.25) is 9.78 Å². The van der Waals surface area contributed by atoms with Crippen molar-refractivity contribution in [1.82, 2.24) is 4.98 Å². The van der Waals surface area contributed by atoms with Crippen LogP contribution in [0.5, 0.6) is 0 Å². The topological polar surface area (TPSA) is 99.4 Å². The van der Waals surface area contributed by atoms with Gasteiger partial charge in [-0.2, -0.15) is 13.2 Å². The Kier molecular flexibility index (Phi) is 5.33. The smallest absolute Gasteiger partial charge is 0.416 e. The third-order valence-corrected chi connectivity index (χ3v) is 5.22. The lowest BCUT2D eigenvalue weighted by atomic mass is 9.97. The number of halogens is 3. The number of primary sulfonamides is 1. The summed E-state index contributed by atoms with van der Waals surface area (Å²) in [6.45, 7) is 0. The lowest BCUT2D eigenvalue weighted by molar-refractivity contribution is -0.142. The zero-order valence-corrected chi connectivity index (χ0v) is 15.8. The Morgan fingerprint density at radius 3 is 2.17 bits per heavy atom. The molecule has 2 aromatic rings. The summed E-state index contributed by atoms with van der Waals surface area (Å²) in [6.07, 6.45) is -0.293. The first-order valence-electron chi connectivity index (χ1n) is 8.19. The van der Waals surface area contributed by atoms with Crippen molar-refractivity contribution in [2.45, 2.75) is 11.1 Å². The minimum atomic E-state index is -4.47. The number of esters is 1. The van der Waals surface area contributed by atoms with Crippen molar-refractivity contribution in [1.29, 1.82) is 0 Å². The Morgan fingerprint density at radius 1 is 1.07 bits per heavy atom. The SMILES string of the molecule is COC(=O)C1C=C(c2ccc(C(F)(F)F)cc2)C(c2ccc(S(N)(=O)=O)cn2)=C1. The summed E-state index contributed by atoms with van der Waals surface area (Å²) in [4.78, 5) is 15.9. The first-order valence-corrected chi connectivity index (χ1v) is 9.74. The van der Waals surface area contributed by atoms with E-state index in [-0.39, 0.29) is 4.90 Å². The standard InChI is InChI=1S/C19H15F3N2O4S/c1-28-18(25)12-8-15(11-2-4-13(5-3-11)19(20,21)22)16(9-12)17-7-6-14(10-24-17)29(23,26)27/h2-10,12H,1H3,(H2,23,26,27). The molecule has 0 saturated heterocycles. The van der Waals surface area contributed by atoms with Crippen LogP contribution < -0.4 is 5.14 Å². The Morgan fingerprint density at radius 2 is 1.69 bits per heavy atom. The number of rotatable bonds is 4. The van der Waals surface area contributed by atoms with Gasteiger partial charge < -0.3 is 4.74 Å². The Hall–Kier alpha value is -2.98. The van der Waals surface area contributed by atoms with E-state index in [1.807, 2.05) is 0 Å². The molecule has 1 heterocycles. The average molecular weight is 424 g/mol. The van der Waals surface area contributed by atoms with Crippen LogP contribution in [0.2, 0.25) is 0 Å². The number of aromatic nitrogens is 1. The maximum atomic E-state index is 12.8. The lowest BCUT2D eigenvalue weighted by Gasteiger charge is -2.11. The van der Waals surface area contributed by atoms with Gasteiger partial charge in [-0.25, -0.2) is 13.6 Å². The van der Waals surface area contributed by atoms with E-state index in [2.05, 4.69) is 4.98 Å². The molecular weight excluding hydrogens is 409 g/mol. The Bertz CT molecular complexity index is 1100. The van der Waals surface area contributed by atoms with Gasteiger partial charge in [-0.05, 0) is 35.4 Å². The maximum absolute atomic E-state index is 12.8. The highest BCUT2D eigenvalue weighted by Gasteiger charge is 2.31. The molecule has 0 saturated carbocycles. The number of hydrogen-bond acceptors (Lipinski definition) is 5. The van der Waals surface area contributed by atoms with Crippen LogP contribution in [0.15, 0.2) is 59.6 Å². The maximum Gasteiger partial charge on any atom is 0.416 e. The van der Waals surface area contributed by atoms with E-state index in [1.54, 1.807) is 12.2 Å². The average Bonchev–Trinajstić information content (AvgIpc) is 3.11. The zero-order chi connectivity index (χ0) is 21.4. The molecule has 0 spiro atoms. The summed E-state index contributed by atoms with van der Waals surface area (Å²) in [6, 6.07) is 7.13. The Labute approximate surface area is 164 Å².